The van der Waals surface area contributed by atoms with Crippen LogP contribution in [0.1, 0.15) is 30.9 Å². The van der Waals surface area contributed by atoms with E-state index in [4.69, 9.17) is 5.73 Å². The molecule has 0 bridgehead atoms. The van der Waals surface area contributed by atoms with E-state index in [1.165, 1.54) is 5.56 Å². The van der Waals surface area contributed by atoms with Gasteiger partial charge in [-0.1, -0.05) is 24.8 Å². The van der Waals surface area contributed by atoms with Crippen molar-refractivity contribution in [3.63, 3.8) is 0 Å². The summed E-state index contributed by atoms with van der Waals surface area (Å²) in [5.41, 5.74) is 8.58. The van der Waals surface area contributed by atoms with E-state index >= 15 is 0 Å². The van der Waals surface area contributed by atoms with Crippen molar-refractivity contribution in [2.75, 3.05) is 5.73 Å². The maximum atomic E-state index is 9.65. The Morgan fingerprint density at radius 2 is 2.25 bits per heavy atom. The van der Waals surface area contributed by atoms with E-state index in [1.807, 2.05) is 18.2 Å². The predicted molar refractivity (Wildman–Crippen MR) is 65.8 cm³/mol. The highest BCUT2D eigenvalue weighted by molar-refractivity contribution is 5.57. The maximum absolute atomic E-state index is 9.65. The van der Waals surface area contributed by atoms with Crippen LogP contribution >= 0.6 is 0 Å². The van der Waals surface area contributed by atoms with Crippen molar-refractivity contribution in [3.8, 4) is 11.8 Å². The average Bonchev–Trinajstić information content (AvgIpc) is 3.11. The first kappa shape index (κ1) is 11.0. The molecule has 2 heteroatoms. The molecule has 0 saturated heterocycles. The van der Waals surface area contributed by atoms with Crippen LogP contribution in [0.4, 0.5) is 5.69 Å². The Morgan fingerprint density at radius 1 is 1.50 bits per heavy atom. The molecule has 0 aliphatic heterocycles. The molecule has 0 heterocycles. The number of hydrogen-bond donors (Lipinski definition) is 2. The smallest absolute Gasteiger partial charge is 0.117 e. The Balaban J connectivity index is 2.18. The second kappa shape index (κ2) is 4.59. The van der Waals surface area contributed by atoms with Gasteiger partial charge in [0.2, 0.25) is 0 Å². The lowest BCUT2D eigenvalue weighted by Crippen LogP contribution is -2.05. The summed E-state index contributed by atoms with van der Waals surface area (Å²) in [6.07, 6.45) is 2.69. The first-order valence-electron chi connectivity index (χ1n) is 5.78. The van der Waals surface area contributed by atoms with Crippen LogP contribution in [0.5, 0.6) is 0 Å². The third-order valence-electron chi connectivity index (χ3n) is 2.95. The summed E-state index contributed by atoms with van der Waals surface area (Å²) >= 11 is 0. The van der Waals surface area contributed by atoms with Gasteiger partial charge in [0.15, 0.2) is 0 Å². The number of nitrogen functional groups attached to an aromatic ring is 1. The fraction of sp³-hybridized carbons (Fsp3) is 0.429. The first-order chi connectivity index (χ1) is 7.70. The van der Waals surface area contributed by atoms with Gasteiger partial charge in [0.25, 0.3) is 0 Å². The minimum Gasteiger partial charge on any atom is -0.398 e. The Hall–Kier alpha value is -1.46. The Kier molecular flexibility index (Phi) is 3.17. The van der Waals surface area contributed by atoms with Gasteiger partial charge in [-0.15, -0.1) is 0 Å². The van der Waals surface area contributed by atoms with Gasteiger partial charge in [-0.05, 0) is 42.9 Å². The number of benzene rings is 1. The Morgan fingerprint density at radius 3 is 2.88 bits per heavy atom. The molecule has 1 aromatic carbocycles. The number of anilines is 1. The van der Waals surface area contributed by atoms with Crippen molar-refractivity contribution < 1.29 is 5.11 Å². The highest BCUT2D eigenvalue weighted by atomic mass is 16.3. The highest BCUT2D eigenvalue weighted by Gasteiger charge is 2.28. The van der Waals surface area contributed by atoms with Gasteiger partial charge >= 0.3 is 0 Å². The topological polar surface area (TPSA) is 46.2 Å². The largest absolute Gasteiger partial charge is 0.398 e. The van der Waals surface area contributed by atoms with Crippen LogP contribution in [0, 0.1) is 17.8 Å². The van der Waals surface area contributed by atoms with Crippen LogP contribution < -0.4 is 5.73 Å². The minimum absolute atomic E-state index is 0.392. The standard InChI is InChI=1S/C14H17NO/c1-2-10-3-7-13(15)12(9-10)6-8-14(16)11-4-5-11/h3,7,9,11,14,16H,2,4-5,15H2,1H3/t14-/m1/s1. The van der Waals surface area contributed by atoms with Gasteiger partial charge in [0.05, 0.1) is 0 Å². The van der Waals surface area contributed by atoms with Gasteiger partial charge in [0.1, 0.15) is 6.10 Å². The van der Waals surface area contributed by atoms with E-state index in [0.29, 0.717) is 11.6 Å². The van der Waals surface area contributed by atoms with E-state index in [2.05, 4.69) is 18.8 Å². The molecular weight excluding hydrogens is 198 g/mol. The quantitative estimate of drug-likeness (QED) is 0.585. The van der Waals surface area contributed by atoms with E-state index in [9.17, 15) is 5.11 Å². The monoisotopic (exact) mass is 215 g/mol. The summed E-state index contributed by atoms with van der Waals surface area (Å²) in [4.78, 5) is 0. The second-order valence-electron chi connectivity index (χ2n) is 4.33. The van der Waals surface area contributed by atoms with Crippen LogP contribution in [0.3, 0.4) is 0 Å². The lowest BCUT2D eigenvalue weighted by Gasteiger charge is -2.02. The lowest BCUT2D eigenvalue weighted by atomic mass is 10.1. The summed E-state index contributed by atoms with van der Waals surface area (Å²) in [5, 5.41) is 9.65. The van der Waals surface area contributed by atoms with Crippen LogP contribution in [0.15, 0.2) is 18.2 Å². The van der Waals surface area contributed by atoms with Crippen LogP contribution in [-0.2, 0) is 6.42 Å². The zero-order chi connectivity index (χ0) is 11.5. The van der Waals surface area contributed by atoms with Crippen LogP contribution in [0.25, 0.3) is 0 Å². The fourth-order valence-corrected chi connectivity index (χ4v) is 1.61. The molecule has 84 valence electrons. The van der Waals surface area contributed by atoms with E-state index in [-0.39, 0.29) is 0 Å². The molecule has 3 N–H and O–H groups in total. The van der Waals surface area contributed by atoms with Crippen molar-refractivity contribution in [2.45, 2.75) is 32.3 Å². The van der Waals surface area contributed by atoms with Crippen LogP contribution in [-0.4, -0.2) is 11.2 Å². The second-order valence-corrected chi connectivity index (χ2v) is 4.33. The number of rotatable bonds is 2. The molecule has 1 fully saturated rings. The highest BCUT2D eigenvalue weighted by Crippen LogP contribution is 2.32. The van der Waals surface area contributed by atoms with Crippen LogP contribution in [0.2, 0.25) is 0 Å². The number of aliphatic hydroxyl groups excluding tert-OH is 1. The van der Waals surface area contributed by atoms with Crippen molar-refractivity contribution in [2.24, 2.45) is 5.92 Å². The van der Waals surface area contributed by atoms with Crippen molar-refractivity contribution >= 4 is 5.69 Å². The zero-order valence-corrected chi connectivity index (χ0v) is 9.53. The van der Waals surface area contributed by atoms with Gasteiger partial charge in [-0.3, -0.25) is 0 Å². The number of aryl methyl sites for hydroxylation is 1. The molecule has 2 nitrogen and oxygen atoms in total. The van der Waals surface area contributed by atoms with Crippen molar-refractivity contribution in [3.05, 3.63) is 29.3 Å². The number of nitrogens with two attached hydrogens (primary N) is 1. The normalized spacial score (nSPS) is 16.4. The van der Waals surface area contributed by atoms with Gasteiger partial charge in [-0.25, -0.2) is 0 Å². The SMILES string of the molecule is CCc1ccc(N)c(C#C[C@@H](O)C2CC2)c1. The molecule has 0 amide bonds. The molecular formula is C14H17NO. The van der Waals surface area contributed by atoms with E-state index in [1.54, 1.807) is 0 Å². The molecule has 1 atom stereocenters. The Bertz CT molecular complexity index is 438. The maximum Gasteiger partial charge on any atom is 0.117 e. The molecule has 1 saturated carbocycles. The summed E-state index contributed by atoms with van der Waals surface area (Å²) in [6.45, 7) is 2.10. The summed E-state index contributed by atoms with van der Waals surface area (Å²) in [6, 6.07) is 5.89. The zero-order valence-electron chi connectivity index (χ0n) is 9.53. The van der Waals surface area contributed by atoms with Crippen molar-refractivity contribution in [1.29, 1.82) is 0 Å². The molecule has 0 unspecified atom stereocenters. The Labute approximate surface area is 96.5 Å². The summed E-state index contributed by atoms with van der Waals surface area (Å²) in [5.74, 6) is 6.25. The third-order valence-corrected chi connectivity index (χ3v) is 2.95. The number of hydrogen-bond acceptors (Lipinski definition) is 2. The first-order valence-corrected chi connectivity index (χ1v) is 5.78. The van der Waals surface area contributed by atoms with E-state index in [0.717, 1.165) is 24.8 Å². The van der Waals surface area contributed by atoms with Crippen molar-refractivity contribution in [1.82, 2.24) is 0 Å². The number of aliphatic hydroxyl groups is 1. The van der Waals surface area contributed by atoms with Gasteiger partial charge < -0.3 is 10.8 Å². The van der Waals surface area contributed by atoms with Gasteiger partial charge in [-0.2, -0.15) is 0 Å². The molecule has 1 aliphatic rings. The predicted octanol–water partition coefficient (Wildman–Crippen LogP) is 1.95. The van der Waals surface area contributed by atoms with E-state index < -0.39 is 6.10 Å². The minimum atomic E-state index is -0.482. The summed E-state index contributed by atoms with van der Waals surface area (Å²) < 4.78 is 0. The molecule has 0 radical (unpaired) electrons. The molecule has 0 aromatic heterocycles. The summed E-state index contributed by atoms with van der Waals surface area (Å²) in [7, 11) is 0. The molecule has 2 rings (SSSR count). The fourth-order valence-electron chi connectivity index (χ4n) is 1.61. The van der Waals surface area contributed by atoms with Gasteiger partial charge in [0, 0.05) is 11.3 Å². The lowest BCUT2D eigenvalue weighted by molar-refractivity contribution is 0.209. The average molecular weight is 215 g/mol. The third kappa shape index (κ3) is 2.56. The molecule has 1 aliphatic carbocycles. The molecule has 0 spiro atoms. The molecule has 16 heavy (non-hydrogen) atoms. The molecule has 1 aromatic rings.